The standard InChI is InChI=1S/C9H14ClN/c1-2-7-3-4-9(10)5-8(7)6-11/h7-9H,2-5H2,1H3. The first-order chi connectivity index (χ1) is 5.27. The third kappa shape index (κ3) is 2.10. The monoisotopic (exact) mass is 171 g/mol. The molecule has 0 aliphatic heterocycles. The minimum atomic E-state index is 0.219. The van der Waals surface area contributed by atoms with E-state index in [1.165, 1.54) is 0 Å². The Kier molecular flexibility index (Phi) is 3.20. The third-order valence-corrected chi connectivity index (χ3v) is 3.02. The van der Waals surface area contributed by atoms with Crippen molar-refractivity contribution in [3.05, 3.63) is 0 Å². The van der Waals surface area contributed by atoms with E-state index in [0.717, 1.165) is 25.7 Å². The van der Waals surface area contributed by atoms with Gasteiger partial charge in [-0.1, -0.05) is 13.3 Å². The Hall–Kier alpha value is -0.220. The van der Waals surface area contributed by atoms with Crippen LogP contribution >= 0.6 is 11.6 Å². The van der Waals surface area contributed by atoms with Crippen LogP contribution in [0, 0.1) is 23.2 Å². The molecular weight excluding hydrogens is 158 g/mol. The van der Waals surface area contributed by atoms with E-state index >= 15 is 0 Å². The summed E-state index contributed by atoms with van der Waals surface area (Å²) in [5.74, 6) is 0.825. The molecule has 0 aromatic carbocycles. The predicted molar refractivity (Wildman–Crippen MR) is 46.4 cm³/mol. The minimum Gasteiger partial charge on any atom is -0.198 e. The molecule has 0 heterocycles. The van der Waals surface area contributed by atoms with Crippen LogP contribution in [0.15, 0.2) is 0 Å². The second-order valence-corrected chi connectivity index (χ2v) is 3.93. The molecule has 3 atom stereocenters. The molecule has 62 valence electrons. The van der Waals surface area contributed by atoms with E-state index in [1.807, 2.05) is 0 Å². The zero-order valence-electron chi connectivity index (χ0n) is 6.89. The molecule has 0 saturated heterocycles. The van der Waals surface area contributed by atoms with E-state index < -0.39 is 0 Å². The maximum atomic E-state index is 8.80. The summed E-state index contributed by atoms with van der Waals surface area (Å²) in [6.45, 7) is 2.16. The summed E-state index contributed by atoms with van der Waals surface area (Å²) >= 11 is 5.96. The van der Waals surface area contributed by atoms with Crippen LogP contribution in [0.5, 0.6) is 0 Å². The van der Waals surface area contributed by atoms with Gasteiger partial charge < -0.3 is 0 Å². The Labute approximate surface area is 73.3 Å². The second kappa shape index (κ2) is 3.97. The van der Waals surface area contributed by atoms with Crippen LogP contribution < -0.4 is 0 Å². The number of halogens is 1. The van der Waals surface area contributed by atoms with E-state index in [4.69, 9.17) is 16.9 Å². The van der Waals surface area contributed by atoms with Crippen LogP contribution in [0.1, 0.15) is 32.6 Å². The van der Waals surface area contributed by atoms with Crippen molar-refractivity contribution in [2.75, 3.05) is 0 Å². The van der Waals surface area contributed by atoms with Gasteiger partial charge in [0.15, 0.2) is 0 Å². The SMILES string of the molecule is CCC1CCC(Cl)CC1C#N. The van der Waals surface area contributed by atoms with Gasteiger partial charge in [-0.25, -0.2) is 0 Å². The summed E-state index contributed by atoms with van der Waals surface area (Å²) in [6.07, 6.45) is 4.26. The number of nitriles is 1. The number of hydrogen-bond donors (Lipinski definition) is 0. The lowest BCUT2D eigenvalue weighted by Crippen LogP contribution is -2.23. The first kappa shape index (κ1) is 8.87. The highest BCUT2D eigenvalue weighted by Crippen LogP contribution is 2.34. The van der Waals surface area contributed by atoms with Crippen molar-refractivity contribution in [3.63, 3.8) is 0 Å². The van der Waals surface area contributed by atoms with Crippen LogP contribution in [0.25, 0.3) is 0 Å². The zero-order valence-corrected chi connectivity index (χ0v) is 7.64. The van der Waals surface area contributed by atoms with Gasteiger partial charge >= 0.3 is 0 Å². The molecule has 1 aliphatic rings. The highest BCUT2D eigenvalue weighted by Gasteiger charge is 2.27. The summed E-state index contributed by atoms with van der Waals surface area (Å²) in [6, 6.07) is 2.35. The van der Waals surface area contributed by atoms with Crippen molar-refractivity contribution < 1.29 is 0 Å². The van der Waals surface area contributed by atoms with E-state index in [-0.39, 0.29) is 11.3 Å². The Morgan fingerprint density at radius 3 is 2.82 bits per heavy atom. The lowest BCUT2D eigenvalue weighted by Gasteiger charge is -2.28. The molecule has 0 radical (unpaired) electrons. The lowest BCUT2D eigenvalue weighted by molar-refractivity contribution is 0.286. The van der Waals surface area contributed by atoms with Crippen molar-refractivity contribution in [2.45, 2.75) is 38.0 Å². The molecule has 3 unspecified atom stereocenters. The van der Waals surface area contributed by atoms with Crippen LogP contribution in [0.4, 0.5) is 0 Å². The summed E-state index contributed by atoms with van der Waals surface area (Å²) in [5.41, 5.74) is 0. The molecule has 1 fully saturated rings. The molecule has 1 nitrogen and oxygen atoms in total. The van der Waals surface area contributed by atoms with Crippen molar-refractivity contribution >= 4 is 11.6 Å². The Morgan fingerprint density at radius 2 is 2.27 bits per heavy atom. The van der Waals surface area contributed by atoms with Crippen LogP contribution in [0.3, 0.4) is 0 Å². The Balaban J connectivity index is 2.50. The van der Waals surface area contributed by atoms with E-state index in [1.54, 1.807) is 0 Å². The molecule has 1 saturated carbocycles. The van der Waals surface area contributed by atoms with Crippen molar-refractivity contribution in [3.8, 4) is 6.07 Å². The average Bonchev–Trinajstić information content (AvgIpc) is 2.04. The molecule has 0 aromatic heterocycles. The van der Waals surface area contributed by atoms with Crippen molar-refractivity contribution in [1.82, 2.24) is 0 Å². The van der Waals surface area contributed by atoms with E-state index in [9.17, 15) is 0 Å². The topological polar surface area (TPSA) is 23.8 Å². The molecule has 1 aliphatic carbocycles. The number of rotatable bonds is 1. The first-order valence-corrected chi connectivity index (χ1v) is 4.75. The number of alkyl halides is 1. The van der Waals surface area contributed by atoms with Gasteiger partial charge in [-0.15, -0.1) is 11.6 Å². The van der Waals surface area contributed by atoms with Gasteiger partial charge in [-0.3, -0.25) is 0 Å². The van der Waals surface area contributed by atoms with Gasteiger partial charge in [0.2, 0.25) is 0 Å². The second-order valence-electron chi connectivity index (χ2n) is 3.31. The van der Waals surface area contributed by atoms with Crippen molar-refractivity contribution in [2.24, 2.45) is 11.8 Å². The fourth-order valence-electron chi connectivity index (χ4n) is 1.83. The molecule has 1 rings (SSSR count). The molecule has 0 aromatic rings. The quantitative estimate of drug-likeness (QED) is 0.557. The van der Waals surface area contributed by atoms with E-state index in [2.05, 4.69) is 13.0 Å². The fourth-order valence-corrected chi connectivity index (χ4v) is 2.15. The molecule has 0 amide bonds. The minimum absolute atomic E-state index is 0.219. The first-order valence-electron chi connectivity index (χ1n) is 4.31. The zero-order chi connectivity index (χ0) is 8.27. The molecule has 0 bridgehead atoms. The largest absolute Gasteiger partial charge is 0.198 e. The van der Waals surface area contributed by atoms with Gasteiger partial charge in [0.25, 0.3) is 0 Å². The van der Waals surface area contributed by atoms with Gasteiger partial charge in [0, 0.05) is 5.38 Å². The summed E-state index contributed by atoms with van der Waals surface area (Å²) in [4.78, 5) is 0. The van der Waals surface area contributed by atoms with Gasteiger partial charge in [0.1, 0.15) is 0 Å². The van der Waals surface area contributed by atoms with Crippen molar-refractivity contribution in [1.29, 1.82) is 5.26 Å². The molecule has 0 spiro atoms. The van der Waals surface area contributed by atoms with Gasteiger partial charge in [0.05, 0.1) is 12.0 Å². The van der Waals surface area contributed by atoms with Gasteiger partial charge in [-0.2, -0.15) is 5.26 Å². The average molecular weight is 172 g/mol. The van der Waals surface area contributed by atoms with Crippen LogP contribution in [0.2, 0.25) is 0 Å². The lowest BCUT2D eigenvalue weighted by atomic mass is 9.78. The van der Waals surface area contributed by atoms with E-state index in [0.29, 0.717) is 5.92 Å². The molecular formula is C9H14ClN. The third-order valence-electron chi connectivity index (χ3n) is 2.62. The normalized spacial score (nSPS) is 38.1. The fraction of sp³-hybridized carbons (Fsp3) is 0.889. The summed E-state index contributed by atoms with van der Waals surface area (Å²) in [7, 11) is 0. The Bertz CT molecular complexity index is 161. The smallest absolute Gasteiger partial charge is 0.0659 e. The van der Waals surface area contributed by atoms with Crippen LogP contribution in [-0.2, 0) is 0 Å². The maximum Gasteiger partial charge on any atom is 0.0659 e. The summed E-state index contributed by atoms with van der Waals surface area (Å²) in [5, 5.41) is 9.05. The number of hydrogen-bond acceptors (Lipinski definition) is 1. The van der Waals surface area contributed by atoms with Gasteiger partial charge in [-0.05, 0) is 25.2 Å². The molecule has 11 heavy (non-hydrogen) atoms. The summed E-state index contributed by atoms with van der Waals surface area (Å²) < 4.78 is 0. The predicted octanol–water partition coefficient (Wildman–Crippen LogP) is 2.94. The highest BCUT2D eigenvalue weighted by molar-refractivity contribution is 6.20. The maximum absolute atomic E-state index is 8.80. The Morgan fingerprint density at radius 1 is 1.55 bits per heavy atom. The molecule has 2 heteroatoms. The highest BCUT2D eigenvalue weighted by atomic mass is 35.5. The number of nitrogens with zero attached hydrogens (tertiary/aromatic N) is 1. The molecule has 0 N–H and O–H groups in total. The van der Waals surface area contributed by atoms with Crippen LogP contribution in [-0.4, -0.2) is 5.38 Å².